The van der Waals surface area contributed by atoms with E-state index in [1.807, 2.05) is 0 Å². The molecule has 0 aliphatic rings. The number of hydrogen-bond acceptors (Lipinski definition) is 2. The molecule has 0 N–H and O–H groups in total. The van der Waals surface area contributed by atoms with Crippen molar-refractivity contribution in [1.82, 2.24) is 9.55 Å². The van der Waals surface area contributed by atoms with Gasteiger partial charge in [-0.25, -0.2) is 4.98 Å². The number of nitrogens with zero attached hydrogens (tertiary/aromatic N) is 3. The second kappa shape index (κ2) is 15.3. The minimum atomic E-state index is -0.0370. The van der Waals surface area contributed by atoms with Crippen molar-refractivity contribution in [3.8, 4) is 16.9 Å². The molecule has 1 unspecified atom stereocenters. The van der Waals surface area contributed by atoms with Gasteiger partial charge < -0.3 is 9.47 Å². The van der Waals surface area contributed by atoms with Gasteiger partial charge in [0.25, 0.3) is 0 Å². The van der Waals surface area contributed by atoms with Crippen LogP contribution in [-0.2, 0) is 0 Å². The molecular weight excluding hydrogens is 763 g/mol. The lowest BCUT2D eigenvalue weighted by Gasteiger charge is -2.26. The standard InChI is InChI=1S/C60H41N3/c1-4-18-43(19-5-1)59-54-38-37-52-51-27-13-15-30-56(51)63(60(52)58(54)53-28-12-14-29-55(53)61-59)50-26-16-21-45(40-50)57(46-32-31-41-17-10-11-20-44(41)39-46)42-33-35-49(36-34-42)62(47-22-6-2-7-23-47)48-24-8-3-9-25-48/h1-40,57H. The largest absolute Gasteiger partial charge is 0.311 e. The number of pyridine rings is 1. The van der Waals surface area contributed by atoms with E-state index in [1.54, 1.807) is 0 Å². The fraction of sp³-hybridized carbons (Fsp3) is 0.0167. The lowest BCUT2D eigenvalue weighted by Crippen LogP contribution is -2.10. The lowest BCUT2D eigenvalue weighted by molar-refractivity contribution is 0.974. The van der Waals surface area contributed by atoms with Gasteiger partial charge in [-0.3, -0.25) is 0 Å². The Bertz CT molecular complexity index is 3570. The van der Waals surface area contributed by atoms with Gasteiger partial charge in [0.05, 0.1) is 22.2 Å². The maximum atomic E-state index is 5.30. The Kier molecular flexibility index (Phi) is 8.90. The van der Waals surface area contributed by atoms with Gasteiger partial charge in [-0.15, -0.1) is 0 Å². The number of rotatable bonds is 8. The van der Waals surface area contributed by atoms with E-state index in [0.29, 0.717) is 0 Å². The third kappa shape index (κ3) is 6.33. The molecule has 2 aromatic heterocycles. The van der Waals surface area contributed by atoms with E-state index in [0.717, 1.165) is 50.3 Å². The highest BCUT2D eigenvalue weighted by molar-refractivity contribution is 6.26. The zero-order valence-corrected chi connectivity index (χ0v) is 34.5. The summed E-state index contributed by atoms with van der Waals surface area (Å²) in [4.78, 5) is 7.63. The van der Waals surface area contributed by atoms with E-state index >= 15 is 0 Å². The van der Waals surface area contributed by atoms with E-state index < -0.39 is 0 Å². The molecule has 0 saturated heterocycles. The highest BCUT2D eigenvalue weighted by Crippen LogP contribution is 2.44. The Morgan fingerprint density at radius 1 is 0.381 bits per heavy atom. The van der Waals surface area contributed by atoms with Gasteiger partial charge in [0.15, 0.2) is 0 Å². The highest BCUT2D eigenvalue weighted by Gasteiger charge is 2.23. The van der Waals surface area contributed by atoms with Gasteiger partial charge in [-0.1, -0.05) is 182 Å². The summed E-state index contributed by atoms with van der Waals surface area (Å²) in [5, 5.41) is 8.41. The number of anilines is 3. The molecule has 1 atom stereocenters. The molecule has 0 amide bonds. The second-order valence-electron chi connectivity index (χ2n) is 16.3. The van der Waals surface area contributed by atoms with Crippen LogP contribution in [0.4, 0.5) is 17.1 Å². The van der Waals surface area contributed by atoms with E-state index in [4.69, 9.17) is 4.98 Å². The molecule has 63 heavy (non-hydrogen) atoms. The van der Waals surface area contributed by atoms with Crippen LogP contribution in [0.2, 0.25) is 0 Å². The molecule has 0 bridgehead atoms. The Hall–Kier alpha value is -8.27. The molecule has 2 heterocycles. The average molecular weight is 804 g/mol. The Labute approximate surface area is 366 Å². The van der Waals surface area contributed by atoms with Crippen molar-refractivity contribution in [1.29, 1.82) is 0 Å². The van der Waals surface area contributed by atoms with E-state index in [-0.39, 0.29) is 5.92 Å². The van der Waals surface area contributed by atoms with Crippen molar-refractivity contribution in [3.63, 3.8) is 0 Å². The second-order valence-corrected chi connectivity index (χ2v) is 16.3. The minimum absolute atomic E-state index is 0.0370. The number of para-hydroxylation sites is 4. The number of hydrogen-bond donors (Lipinski definition) is 0. The van der Waals surface area contributed by atoms with E-state index in [1.165, 1.54) is 54.7 Å². The molecule has 12 aromatic rings. The quantitative estimate of drug-likeness (QED) is 0.113. The van der Waals surface area contributed by atoms with Crippen LogP contribution < -0.4 is 4.90 Å². The maximum Gasteiger partial charge on any atom is 0.0788 e. The first-order chi connectivity index (χ1) is 31.3. The van der Waals surface area contributed by atoms with Crippen LogP contribution in [0.3, 0.4) is 0 Å². The van der Waals surface area contributed by atoms with Crippen molar-refractivity contribution in [2.75, 3.05) is 4.90 Å². The first-order valence-corrected chi connectivity index (χ1v) is 21.7. The topological polar surface area (TPSA) is 21.1 Å². The summed E-state index contributed by atoms with van der Waals surface area (Å²) in [7, 11) is 0. The van der Waals surface area contributed by atoms with Gasteiger partial charge in [0.1, 0.15) is 0 Å². The van der Waals surface area contributed by atoms with Crippen molar-refractivity contribution >= 4 is 71.3 Å². The highest BCUT2D eigenvalue weighted by atomic mass is 15.1. The molecule has 12 rings (SSSR count). The van der Waals surface area contributed by atoms with Crippen LogP contribution in [-0.4, -0.2) is 9.55 Å². The van der Waals surface area contributed by atoms with Gasteiger partial charge >= 0.3 is 0 Å². The summed E-state index contributed by atoms with van der Waals surface area (Å²) in [5.74, 6) is -0.0370. The van der Waals surface area contributed by atoms with Crippen LogP contribution in [0.25, 0.3) is 71.2 Å². The summed E-state index contributed by atoms with van der Waals surface area (Å²) < 4.78 is 2.50. The number of benzene rings is 10. The molecule has 0 fully saturated rings. The Balaban J connectivity index is 1.08. The third-order valence-electron chi connectivity index (χ3n) is 12.6. The smallest absolute Gasteiger partial charge is 0.0788 e. The summed E-state index contributed by atoms with van der Waals surface area (Å²) in [6.45, 7) is 0. The fourth-order valence-corrected chi connectivity index (χ4v) is 9.80. The number of aromatic nitrogens is 2. The summed E-state index contributed by atoms with van der Waals surface area (Å²) in [5.41, 5.74) is 13.6. The predicted octanol–water partition coefficient (Wildman–Crippen LogP) is 16.0. The molecule has 3 heteroatoms. The average Bonchev–Trinajstić information content (AvgIpc) is 3.70. The number of fused-ring (bicyclic) bond motifs is 8. The summed E-state index contributed by atoms with van der Waals surface area (Å²) in [6, 6.07) is 87.9. The van der Waals surface area contributed by atoms with Crippen molar-refractivity contribution in [3.05, 3.63) is 259 Å². The third-order valence-corrected chi connectivity index (χ3v) is 12.6. The van der Waals surface area contributed by atoms with Gasteiger partial charge in [-0.2, -0.15) is 0 Å². The SMILES string of the molecule is c1ccc(-c2nc3ccccc3c3c2ccc2c4ccccc4n(-c4cccc(C(c5ccc(N(c6ccccc6)c6ccccc6)cc5)c5ccc6ccccc6c5)c4)c23)cc1. The molecule has 0 aliphatic carbocycles. The predicted molar refractivity (Wildman–Crippen MR) is 265 cm³/mol. The first kappa shape index (κ1) is 36.6. The maximum absolute atomic E-state index is 5.30. The van der Waals surface area contributed by atoms with Crippen LogP contribution in [0.15, 0.2) is 243 Å². The molecular formula is C60H41N3. The van der Waals surface area contributed by atoms with Crippen LogP contribution in [0, 0.1) is 0 Å². The van der Waals surface area contributed by atoms with Crippen LogP contribution in [0.1, 0.15) is 22.6 Å². The van der Waals surface area contributed by atoms with Crippen molar-refractivity contribution in [2.24, 2.45) is 0 Å². The zero-order chi connectivity index (χ0) is 41.7. The van der Waals surface area contributed by atoms with E-state index in [2.05, 4.69) is 252 Å². The normalized spacial score (nSPS) is 12.1. The van der Waals surface area contributed by atoms with Gasteiger partial charge in [0.2, 0.25) is 0 Å². The molecule has 10 aromatic carbocycles. The van der Waals surface area contributed by atoms with Gasteiger partial charge in [0, 0.05) is 61.2 Å². The fourth-order valence-electron chi connectivity index (χ4n) is 9.80. The molecule has 3 nitrogen and oxygen atoms in total. The van der Waals surface area contributed by atoms with Crippen molar-refractivity contribution < 1.29 is 0 Å². The lowest BCUT2D eigenvalue weighted by atomic mass is 9.84. The van der Waals surface area contributed by atoms with Crippen LogP contribution >= 0.6 is 0 Å². The Morgan fingerprint density at radius 3 is 1.73 bits per heavy atom. The zero-order valence-electron chi connectivity index (χ0n) is 34.5. The first-order valence-electron chi connectivity index (χ1n) is 21.7. The van der Waals surface area contributed by atoms with Gasteiger partial charge in [-0.05, 0) is 88.1 Å². The monoisotopic (exact) mass is 803 g/mol. The van der Waals surface area contributed by atoms with E-state index in [9.17, 15) is 0 Å². The molecule has 0 aliphatic heterocycles. The summed E-state index contributed by atoms with van der Waals surface area (Å²) >= 11 is 0. The molecule has 0 radical (unpaired) electrons. The summed E-state index contributed by atoms with van der Waals surface area (Å²) in [6.07, 6.45) is 0. The Morgan fingerprint density at radius 2 is 0.968 bits per heavy atom. The molecule has 0 spiro atoms. The van der Waals surface area contributed by atoms with Crippen LogP contribution in [0.5, 0.6) is 0 Å². The molecule has 0 saturated carbocycles. The molecule has 296 valence electrons. The minimum Gasteiger partial charge on any atom is -0.311 e. The van der Waals surface area contributed by atoms with Crippen molar-refractivity contribution in [2.45, 2.75) is 5.92 Å².